The van der Waals surface area contributed by atoms with Crippen LogP contribution in [0.15, 0.2) is 66.7 Å². The number of carbonyl (C=O) groups is 2. The molecule has 0 atom stereocenters. The van der Waals surface area contributed by atoms with E-state index >= 15 is 0 Å². The normalized spacial score (nSPS) is 10.3. The summed E-state index contributed by atoms with van der Waals surface area (Å²) in [5.74, 6) is -1.36. The molecule has 0 aromatic heterocycles. The number of carbonyl (C=O) groups excluding carboxylic acids is 2. The summed E-state index contributed by atoms with van der Waals surface area (Å²) in [4.78, 5) is 24.6. The van der Waals surface area contributed by atoms with E-state index in [2.05, 4.69) is 10.6 Å². The minimum absolute atomic E-state index is 0.0479. The Morgan fingerprint density at radius 1 is 0.897 bits per heavy atom. The van der Waals surface area contributed by atoms with Crippen LogP contribution < -0.4 is 15.4 Å². The van der Waals surface area contributed by atoms with Crippen molar-refractivity contribution >= 4 is 46.4 Å². The monoisotopic (exact) mass is 432 g/mol. The van der Waals surface area contributed by atoms with Gasteiger partial charge in [-0.15, -0.1) is 0 Å². The number of anilines is 2. The Balaban J connectivity index is 1.66. The number of para-hydroxylation sites is 2. The van der Waals surface area contributed by atoms with E-state index < -0.39 is 24.2 Å². The Bertz CT molecular complexity index is 1060. The van der Waals surface area contributed by atoms with Crippen molar-refractivity contribution in [1.29, 1.82) is 0 Å². The van der Waals surface area contributed by atoms with Gasteiger partial charge in [-0.2, -0.15) is 0 Å². The second-order valence-corrected chi connectivity index (χ2v) is 6.71. The zero-order valence-corrected chi connectivity index (χ0v) is 16.4. The largest absolute Gasteiger partial charge is 0.483 e. The maximum atomic E-state index is 13.6. The maximum Gasteiger partial charge on any atom is 0.262 e. The molecule has 0 fully saturated rings. The number of nitrogens with one attached hydrogen (secondary N) is 2. The summed E-state index contributed by atoms with van der Waals surface area (Å²) in [5.41, 5.74) is 0.723. The fourth-order valence-electron chi connectivity index (χ4n) is 2.44. The Kier molecular flexibility index (Phi) is 6.69. The van der Waals surface area contributed by atoms with Crippen molar-refractivity contribution < 1.29 is 18.7 Å². The Labute approximate surface area is 176 Å². The minimum Gasteiger partial charge on any atom is -0.483 e. The lowest BCUT2D eigenvalue weighted by Crippen LogP contribution is -2.22. The SMILES string of the molecule is O=C(COc1ccccc1C(=O)Nc1ccc(Cl)c(Cl)c1)Nc1ccccc1F. The van der Waals surface area contributed by atoms with Gasteiger partial charge in [0.25, 0.3) is 11.8 Å². The van der Waals surface area contributed by atoms with Crippen LogP contribution in [-0.4, -0.2) is 18.4 Å². The van der Waals surface area contributed by atoms with E-state index in [1.807, 2.05) is 0 Å². The number of halogens is 3. The molecule has 0 radical (unpaired) electrons. The third-order valence-electron chi connectivity index (χ3n) is 3.82. The number of amides is 2. The molecule has 0 bridgehead atoms. The second kappa shape index (κ2) is 9.41. The smallest absolute Gasteiger partial charge is 0.262 e. The molecule has 2 N–H and O–H groups in total. The van der Waals surface area contributed by atoms with Crippen molar-refractivity contribution in [3.05, 3.63) is 88.2 Å². The van der Waals surface area contributed by atoms with E-state index in [1.165, 1.54) is 24.3 Å². The average molecular weight is 433 g/mol. The predicted molar refractivity (Wildman–Crippen MR) is 111 cm³/mol. The number of hydrogen-bond acceptors (Lipinski definition) is 3. The number of benzene rings is 3. The quantitative estimate of drug-likeness (QED) is 0.547. The topological polar surface area (TPSA) is 67.4 Å². The number of ether oxygens (including phenoxy) is 1. The van der Waals surface area contributed by atoms with Gasteiger partial charge in [-0.1, -0.05) is 47.5 Å². The van der Waals surface area contributed by atoms with E-state index in [0.29, 0.717) is 15.7 Å². The van der Waals surface area contributed by atoms with Crippen molar-refractivity contribution in [3.63, 3.8) is 0 Å². The molecule has 8 heteroatoms. The van der Waals surface area contributed by atoms with Crippen LogP contribution in [0.1, 0.15) is 10.4 Å². The van der Waals surface area contributed by atoms with E-state index in [4.69, 9.17) is 27.9 Å². The van der Waals surface area contributed by atoms with Gasteiger partial charge in [0.1, 0.15) is 11.6 Å². The van der Waals surface area contributed by atoms with Crippen molar-refractivity contribution in [2.75, 3.05) is 17.2 Å². The standard InChI is InChI=1S/C21H15Cl2FN2O3/c22-15-10-9-13(11-16(15)23)25-21(28)14-5-1-4-8-19(14)29-12-20(27)26-18-7-3-2-6-17(18)24/h1-11H,12H2,(H,25,28)(H,26,27). The van der Waals surface area contributed by atoms with Gasteiger partial charge in [0.05, 0.1) is 21.3 Å². The molecule has 3 aromatic rings. The summed E-state index contributed by atoms with van der Waals surface area (Å²) in [5, 5.41) is 5.78. The summed E-state index contributed by atoms with van der Waals surface area (Å²) < 4.78 is 19.1. The average Bonchev–Trinajstić information content (AvgIpc) is 2.71. The first-order valence-corrected chi connectivity index (χ1v) is 9.22. The highest BCUT2D eigenvalue weighted by Gasteiger charge is 2.15. The van der Waals surface area contributed by atoms with Gasteiger partial charge in [-0.05, 0) is 42.5 Å². The molecule has 5 nitrogen and oxygen atoms in total. The van der Waals surface area contributed by atoms with E-state index in [0.717, 1.165) is 0 Å². The first-order chi connectivity index (χ1) is 13.9. The van der Waals surface area contributed by atoms with Gasteiger partial charge in [-0.25, -0.2) is 4.39 Å². The molecule has 0 spiro atoms. The van der Waals surface area contributed by atoms with Gasteiger partial charge in [0.2, 0.25) is 0 Å². The Morgan fingerprint density at radius 3 is 2.38 bits per heavy atom. The summed E-state index contributed by atoms with van der Waals surface area (Å²) in [7, 11) is 0. The van der Waals surface area contributed by atoms with Crippen LogP contribution in [0.4, 0.5) is 15.8 Å². The second-order valence-electron chi connectivity index (χ2n) is 5.90. The van der Waals surface area contributed by atoms with Crippen LogP contribution >= 0.6 is 23.2 Å². The molecule has 0 saturated carbocycles. The lowest BCUT2D eigenvalue weighted by molar-refractivity contribution is -0.118. The summed E-state index contributed by atoms with van der Waals surface area (Å²) in [6.45, 7) is -0.397. The summed E-state index contributed by atoms with van der Waals surface area (Å²) >= 11 is 11.8. The lowest BCUT2D eigenvalue weighted by atomic mass is 10.2. The Morgan fingerprint density at radius 2 is 1.62 bits per heavy atom. The first kappa shape index (κ1) is 20.6. The number of rotatable bonds is 6. The van der Waals surface area contributed by atoms with Crippen molar-refractivity contribution in [1.82, 2.24) is 0 Å². The zero-order valence-electron chi connectivity index (χ0n) is 14.9. The molecule has 0 aliphatic carbocycles. The predicted octanol–water partition coefficient (Wildman–Crippen LogP) is 5.40. The highest BCUT2D eigenvalue weighted by Crippen LogP contribution is 2.26. The van der Waals surface area contributed by atoms with Crippen LogP contribution in [0, 0.1) is 5.82 Å². The van der Waals surface area contributed by atoms with Crippen LogP contribution in [0.3, 0.4) is 0 Å². The molecule has 0 aliphatic rings. The zero-order chi connectivity index (χ0) is 20.8. The van der Waals surface area contributed by atoms with E-state index in [1.54, 1.807) is 42.5 Å². The van der Waals surface area contributed by atoms with Gasteiger partial charge in [0.15, 0.2) is 6.61 Å². The first-order valence-electron chi connectivity index (χ1n) is 8.46. The molecule has 3 aromatic carbocycles. The maximum absolute atomic E-state index is 13.6. The summed E-state index contributed by atoms with van der Waals surface area (Å²) in [6, 6.07) is 16.9. The molecule has 148 valence electrons. The van der Waals surface area contributed by atoms with Crippen LogP contribution in [0.25, 0.3) is 0 Å². The lowest BCUT2D eigenvalue weighted by Gasteiger charge is -2.12. The molecule has 0 aliphatic heterocycles. The third kappa shape index (κ3) is 5.47. The molecule has 0 unspecified atom stereocenters. The highest BCUT2D eigenvalue weighted by molar-refractivity contribution is 6.42. The molecule has 0 heterocycles. The van der Waals surface area contributed by atoms with E-state index in [-0.39, 0.29) is 17.0 Å². The van der Waals surface area contributed by atoms with Gasteiger partial charge in [0, 0.05) is 5.69 Å². The van der Waals surface area contributed by atoms with Gasteiger partial charge < -0.3 is 15.4 Å². The van der Waals surface area contributed by atoms with Crippen molar-refractivity contribution in [2.24, 2.45) is 0 Å². The van der Waals surface area contributed by atoms with Crippen LogP contribution in [0.5, 0.6) is 5.75 Å². The molecule has 3 rings (SSSR count). The fraction of sp³-hybridized carbons (Fsp3) is 0.0476. The van der Waals surface area contributed by atoms with E-state index in [9.17, 15) is 14.0 Å². The van der Waals surface area contributed by atoms with Crippen molar-refractivity contribution in [2.45, 2.75) is 0 Å². The van der Waals surface area contributed by atoms with Gasteiger partial charge >= 0.3 is 0 Å². The highest BCUT2D eigenvalue weighted by atomic mass is 35.5. The fourth-order valence-corrected chi connectivity index (χ4v) is 2.74. The van der Waals surface area contributed by atoms with Gasteiger partial charge in [-0.3, -0.25) is 9.59 Å². The summed E-state index contributed by atoms with van der Waals surface area (Å²) in [6.07, 6.45) is 0. The van der Waals surface area contributed by atoms with Crippen LogP contribution in [0.2, 0.25) is 10.0 Å². The van der Waals surface area contributed by atoms with Crippen LogP contribution in [-0.2, 0) is 4.79 Å². The molecular weight excluding hydrogens is 418 g/mol. The Hall–Kier alpha value is -3.09. The number of hydrogen-bond donors (Lipinski definition) is 2. The third-order valence-corrected chi connectivity index (χ3v) is 4.55. The van der Waals surface area contributed by atoms with Crippen molar-refractivity contribution in [3.8, 4) is 5.75 Å². The molecule has 2 amide bonds. The molecular formula is C21H15Cl2FN2O3. The molecule has 29 heavy (non-hydrogen) atoms. The molecule has 0 saturated heterocycles. The minimum atomic E-state index is -0.560.